The zero-order valence-electron chi connectivity index (χ0n) is 15.5. The summed E-state index contributed by atoms with van der Waals surface area (Å²) in [6, 6.07) is 30.0. The maximum absolute atomic E-state index is 3.39. The van der Waals surface area contributed by atoms with Crippen LogP contribution in [0.5, 0.6) is 0 Å². The van der Waals surface area contributed by atoms with Crippen LogP contribution in [0, 0.1) is 12.1 Å². The van der Waals surface area contributed by atoms with E-state index in [1.54, 1.807) is 0 Å². The molecule has 0 atom stereocenters. The standard InChI is InChI=1S/C26H18.Y/c1-3-17(2)18-8-9-21-13-25-15-23-11-19-6-4-5-7-20(19)12-24(23)16-26(25)14-22(21)10-18;/h4-7,9-16H,1-2H3;/q-2;. The van der Waals surface area contributed by atoms with Crippen LogP contribution in [0.4, 0.5) is 0 Å². The summed E-state index contributed by atoms with van der Waals surface area (Å²) in [5, 5.41) is 10.2. The number of hydrogen-bond acceptors (Lipinski definition) is 0. The van der Waals surface area contributed by atoms with E-state index in [0.717, 1.165) is 11.1 Å². The van der Waals surface area contributed by atoms with Crippen molar-refractivity contribution in [2.24, 2.45) is 0 Å². The molecule has 0 aromatic heterocycles. The fourth-order valence-corrected chi connectivity index (χ4v) is 3.73. The molecule has 0 fully saturated rings. The van der Waals surface area contributed by atoms with Crippen LogP contribution < -0.4 is 0 Å². The molecule has 0 saturated carbocycles. The van der Waals surface area contributed by atoms with Crippen molar-refractivity contribution in [2.75, 3.05) is 0 Å². The normalized spacial score (nSPS) is 12.0. The Morgan fingerprint density at radius 3 is 1.63 bits per heavy atom. The topological polar surface area (TPSA) is 0 Å². The van der Waals surface area contributed by atoms with Gasteiger partial charge in [-0.15, -0.1) is 24.6 Å². The number of benzene rings is 5. The molecule has 27 heavy (non-hydrogen) atoms. The summed E-state index contributed by atoms with van der Waals surface area (Å²) in [6.45, 7) is 4.03. The molecule has 0 unspecified atom stereocenters. The molecule has 127 valence electrons. The van der Waals surface area contributed by atoms with E-state index >= 15 is 0 Å². The van der Waals surface area contributed by atoms with Crippen LogP contribution in [0.2, 0.25) is 0 Å². The molecule has 1 radical (unpaired) electrons. The van der Waals surface area contributed by atoms with E-state index in [-0.39, 0.29) is 32.7 Å². The quantitative estimate of drug-likeness (QED) is 0.197. The average molecular weight is 419 g/mol. The monoisotopic (exact) mass is 419 g/mol. The van der Waals surface area contributed by atoms with Gasteiger partial charge in [-0.05, 0) is 56.6 Å². The molecule has 0 aliphatic carbocycles. The molecule has 0 saturated heterocycles. The molecule has 5 rings (SSSR count). The first-order chi connectivity index (χ1) is 12.7. The van der Waals surface area contributed by atoms with E-state index in [4.69, 9.17) is 0 Å². The fourth-order valence-electron chi connectivity index (χ4n) is 3.73. The Kier molecular flexibility index (Phi) is 4.89. The Balaban J connectivity index is 0.00000180. The van der Waals surface area contributed by atoms with Gasteiger partial charge >= 0.3 is 0 Å². The van der Waals surface area contributed by atoms with Crippen LogP contribution in [0.1, 0.15) is 19.4 Å². The molecule has 0 amide bonds. The van der Waals surface area contributed by atoms with Crippen molar-refractivity contribution >= 4 is 48.7 Å². The predicted octanol–water partition coefficient (Wildman–Crippen LogP) is 7.32. The molecular formula is C26H18Y-2. The SMILES string of the molecule is C[C-]=C(C)c1[c-]cc2cc3cc4cc5ccccc5cc4cc3cc2c1.[Y]. The summed E-state index contributed by atoms with van der Waals surface area (Å²) >= 11 is 0. The Bertz CT molecular complexity index is 1340. The van der Waals surface area contributed by atoms with Gasteiger partial charge in [0.25, 0.3) is 0 Å². The molecule has 5 aromatic rings. The van der Waals surface area contributed by atoms with Crippen LogP contribution in [-0.4, -0.2) is 0 Å². The van der Waals surface area contributed by atoms with Crippen LogP contribution in [0.15, 0.2) is 72.8 Å². The molecule has 0 heterocycles. The zero-order valence-corrected chi connectivity index (χ0v) is 18.3. The minimum absolute atomic E-state index is 0. The summed E-state index contributed by atoms with van der Waals surface area (Å²) in [4.78, 5) is 0. The third-order valence-corrected chi connectivity index (χ3v) is 5.32. The first-order valence-electron chi connectivity index (χ1n) is 8.95. The molecule has 1 heteroatoms. The van der Waals surface area contributed by atoms with Crippen LogP contribution in [0.25, 0.3) is 48.7 Å². The third-order valence-electron chi connectivity index (χ3n) is 5.32. The number of rotatable bonds is 1. The molecule has 0 aliphatic rings. The Morgan fingerprint density at radius 1 is 0.667 bits per heavy atom. The fraction of sp³-hybridized carbons (Fsp3) is 0.0769. The summed E-state index contributed by atoms with van der Waals surface area (Å²) < 4.78 is 0. The van der Waals surface area contributed by atoms with E-state index in [0.29, 0.717) is 0 Å². The molecule has 0 aliphatic heterocycles. The number of allylic oxidation sites excluding steroid dienone is 2. The summed E-state index contributed by atoms with van der Waals surface area (Å²) in [7, 11) is 0. The minimum Gasteiger partial charge on any atom is -0.327 e. The van der Waals surface area contributed by atoms with Crippen molar-refractivity contribution in [3.8, 4) is 0 Å². The van der Waals surface area contributed by atoms with Crippen molar-refractivity contribution in [1.29, 1.82) is 0 Å². The van der Waals surface area contributed by atoms with E-state index in [9.17, 15) is 0 Å². The smallest absolute Gasteiger partial charge is 0 e. The van der Waals surface area contributed by atoms with E-state index in [1.165, 1.54) is 43.1 Å². The van der Waals surface area contributed by atoms with Gasteiger partial charge in [-0.2, -0.15) is 6.07 Å². The van der Waals surface area contributed by atoms with Crippen LogP contribution >= 0.6 is 0 Å². The van der Waals surface area contributed by atoms with Gasteiger partial charge in [-0.25, -0.2) is 12.1 Å². The summed E-state index contributed by atoms with van der Waals surface area (Å²) in [6.07, 6.45) is 3.21. The zero-order chi connectivity index (χ0) is 17.7. The third kappa shape index (κ3) is 3.22. The van der Waals surface area contributed by atoms with Crippen molar-refractivity contribution in [3.05, 3.63) is 90.5 Å². The van der Waals surface area contributed by atoms with Crippen LogP contribution in [-0.2, 0) is 32.7 Å². The predicted molar refractivity (Wildman–Crippen MR) is 113 cm³/mol. The van der Waals surface area contributed by atoms with Crippen molar-refractivity contribution in [3.63, 3.8) is 0 Å². The van der Waals surface area contributed by atoms with Crippen molar-refractivity contribution in [1.82, 2.24) is 0 Å². The van der Waals surface area contributed by atoms with Crippen LogP contribution in [0.3, 0.4) is 0 Å². The molecule has 0 N–H and O–H groups in total. The van der Waals surface area contributed by atoms with Gasteiger partial charge in [-0.3, -0.25) is 0 Å². The minimum atomic E-state index is 0. The summed E-state index contributed by atoms with van der Waals surface area (Å²) in [5.74, 6) is 0. The molecule has 0 bridgehead atoms. The van der Waals surface area contributed by atoms with Gasteiger partial charge in [-0.1, -0.05) is 36.4 Å². The number of fused-ring (bicyclic) bond motifs is 4. The molecule has 0 spiro atoms. The Labute approximate surface area is 184 Å². The largest absolute Gasteiger partial charge is 0.327 e. The van der Waals surface area contributed by atoms with E-state index in [2.05, 4.69) is 91.9 Å². The van der Waals surface area contributed by atoms with Crippen molar-refractivity contribution < 1.29 is 32.7 Å². The Hall–Kier alpha value is -2.02. The second-order valence-corrected chi connectivity index (χ2v) is 6.95. The average Bonchev–Trinajstić information content (AvgIpc) is 2.68. The second kappa shape index (κ2) is 7.19. The van der Waals surface area contributed by atoms with Gasteiger partial charge in [0, 0.05) is 32.7 Å². The second-order valence-electron chi connectivity index (χ2n) is 6.95. The van der Waals surface area contributed by atoms with Crippen molar-refractivity contribution in [2.45, 2.75) is 13.8 Å². The molecule has 0 nitrogen and oxygen atoms in total. The van der Waals surface area contributed by atoms with E-state index < -0.39 is 0 Å². The molecule has 5 aromatic carbocycles. The maximum Gasteiger partial charge on any atom is 0 e. The molecular weight excluding hydrogens is 401 g/mol. The van der Waals surface area contributed by atoms with Gasteiger partial charge in [0.15, 0.2) is 0 Å². The maximum atomic E-state index is 3.39. The Morgan fingerprint density at radius 2 is 1.11 bits per heavy atom. The first kappa shape index (κ1) is 18.4. The number of hydrogen-bond donors (Lipinski definition) is 0. The summed E-state index contributed by atoms with van der Waals surface area (Å²) in [5.41, 5.74) is 2.25. The van der Waals surface area contributed by atoms with Gasteiger partial charge in [0.05, 0.1) is 0 Å². The van der Waals surface area contributed by atoms with Gasteiger partial charge in [0.2, 0.25) is 0 Å². The first-order valence-corrected chi connectivity index (χ1v) is 8.95. The van der Waals surface area contributed by atoms with E-state index in [1.807, 2.05) is 6.92 Å². The van der Waals surface area contributed by atoms with Gasteiger partial charge in [0.1, 0.15) is 0 Å². The van der Waals surface area contributed by atoms with Gasteiger partial charge < -0.3 is 17.2 Å².